The molecule has 26 heavy (non-hydrogen) atoms. The van der Waals surface area contributed by atoms with Gasteiger partial charge in [-0.3, -0.25) is 4.79 Å². The lowest BCUT2D eigenvalue weighted by Crippen LogP contribution is -2.13. The van der Waals surface area contributed by atoms with Crippen molar-refractivity contribution >= 4 is 44.9 Å². The molecule has 136 valence electrons. The number of nitrogens with zero attached hydrogens (tertiary/aromatic N) is 1. The second kappa shape index (κ2) is 8.23. The minimum atomic E-state index is 0.0680. The number of thioether (sulfide) groups is 1. The topological polar surface area (TPSA) is 42.0 Å². The normalized spacial score (nSPS) is 11.7. The van der Waals surface area contributed by atoms with Gasteiger partial charge in [-0.25, -0.2) is 4.98 Å². The zero-order valence-corrected chi connectivity index (χ0v) is 17.0. The van der Waals surface area contributed by atoms with Gasteiger partial charge in [-0.15, -0.1) is 11.3 Å². The number of fused-ring (bicyclic) bond motifs is 1. The van der Waals surface area contributed by atoms with Gasteiger partial charge in [0, 0.05) is 17.9 Å². The fourth-order valence-corrected chi connectivity index (χ4v) is 4.66. The summed E-state index contributed by atoms with van der Waals surface area (Å²) >= 11 is 3.44. The van der Waals surface area contributed by atoms with Gasteiger partial charge in [0.15, 0.2) is 4.34 Å². The smallest absolute Gasteiger partial charge is 0.224 e. The first-order valence-corrected chi connectivity index (χ1v) is 10.6. The summed E-state index contributed by atoms with van der Waals surface area (Å²) in [5.74, 6) is 0.967. The Bertz CT molecular complexity index is 846. The molecule has 1 aromatic heterocycles. The predicted octanol–water partition coefficient (Wildman–Crippen LogP) is 6.10. The molecule has 2 aromatic carbocycles. The molecule has 0 unspecified atom stereocenters. The van der Waals surface area contributed by atoms with Gasteiger partial charge in [-0.2, -0.15) is 0 Å². The second-order valence-corrected chi connectivity index (χ2v) is 9.65. The number of para-hydroxylation sites is 1. The molecule has 3 aromatic rings. The number of anilines is 1. The highest BCUT2D eigenvalue weighted by atomic mass is 32.2. The largest absolute Gasteiger partial charge is 0.326 e. The van der Waals surface area contributed by atoms with E-state index in [1.807, 2.05) is 30.3 Å². The Labute approximate surface area is 163 Å². The Balaban J connectivity index is 1.42. The highest BCUT2D eigenvalue weighted by Gasteiger charge is 2.13. The third kappa shape index (κ3) is 5.08. The van der Waals surface area contributed by atoms with Gasteiger partial charge >= 0.3 is 0 Å². The SMILES string of the molecule is CC(C)(C)c1ccc(NC(=O)CCCSc2nc3ccccc3s2)cc1. The van der Waals surface area contributed by atoms with Gasteiger partial charge in [0.05, 0.1) is 10.2 Å². The molecule has 0 spiro atoms. The Morgan fingerprint density at radius 1 is 1.12 bits per heavy atom. The van der Waals surface area contributed by atoms with Crippen LogP contribution in [0.2, 0.25) is 0 Å². The van der Waals surface area contributed by atoms with Gasteiger partial charge in [0.2, 0.25) is 5.91 Å². The van der Waals surface area contributed by atoms with E-state index in [4.69, 9.17) is 0 Å². The summed E-state index contributed by atoms with van der Waals surface area (Å²) in [5, 5.41) is 2.98. The van der Waals surface area contributed by atoms with Crippen LogP contribution in [0.3, 0.4) is 0 Å². The third-order valence-corrected chi connectivity index (χ3v) is 6.35. The molecule has 0 aliphatic carbocycles. The molecule has 3 nitrogen and oxygen atoms in total. The van der Waals surface area contributed by atoms with Crippen molar-refractivity contribution in [2.45, 2.75) is 43.4 Å². The van der Waals surface area contributed by atoms with E-state index in [0.29, 0.717) is 6.42 Å². The van der Waals surface area contributed by atoms with Crippen LogP contribution in [0.15, 0.2) is 52.9 Å². The van der Waals surface area contributed by atoms with Gasteiger partial charge in [0.25, 0.3) is 0 Å². The number of hydrogen-bond acceptors (Lipinski definition) is 4. The number of carbonyl (C=O) groups is 1. The van der Waals surface area contributed by atoms with Crippen molar-refractivity contribution in [3.63, 3.8) is 0 Å². The number of benzene rings is 2. The Morgan fingerprint density at radius 3 is 2.54 bits per heavy atom. The summed E-state index contributed by atoms with van der Waals surface area (Å²) < 4.78 is 2.29. The standard InChI is InChI=1S/C21H24N2OS2/c1-21(2,3)15-10-12-16(13-11-15)22-19(24)9-6-14-25-20-23-17-7-4-5-8-18(17)26-20/h4-5,7-8,10-13H,6,9,14H2,1-3H3,(H,22,24). The molecule has 0 bridgehead atoms. The molecular formula is C21H24N2OS2. The van der Waals surface area contributed by atoms with Crippen LogP contribution in [0.25, 0.3) is 10.2 Å². The molecule has 0 saturated carbocycles. The maximum Gasteiger partial charge on any atom is 0.224 e. The van der Waals surface area contributed by atoms with E-state index in [0.717, 1.165) is 27.7 Å². The Hall–Kier alpha value is -1.85. The van der Waals surface area contributed by atoms with E-state index < -0.39 is 0 Å². The van der Waals surface area contributed by atoms with Crippen LogP contribution in [-0.4, -0.2) is 16.6 Å². The van der Waals surface area contributed by atoms with Crippen molar-refractivity contribution in [2.75, 3.05) is 11.1 Å². The van der Waals surface area contributed by atoms with Crippen LogP contribution in [0.5, 0.6) is 0 Å². The summed E-state index contributed by atoms with van der Waals surface area (Å²) in [4.78, 5) is 16.7. The highest BCUT2D eigenvalue weighted by molar-refractivity contribution is 8.01. The lowest BCUT2D eigenvalue weighted by molar-refractivity contribution is -0.116. The van der Waals surface area contributed by atoms with E-state index in [2.05, 4.69) is 49.3 Å². The number of amides is 1. The molecular weight excluding hydrogens is 360 g/mol. The number of nitrogens with one attached hydrogen (secondary N) is 1. The van der Waals surface area contributed by atoms with Gasteiger partial charge < -0.3 is 5.32 Å². The fourth-order valence-electron chi connectivity index (χ4n) is 2.58. The Kier molecular flexibility index (Phi) is 5.99. The summed E-state index contributed by atoms with van der Waals surface area (Å²) in [6.45, 7) is 6.55. The van der Waals surface area contributed by atoms with Crippen molar-refractivity contribution in [3.8, 4) is 0 Å². The van der Waals surface area contributed by atoms with Gasteiger partial charge in [-0.05, 0) is 41.7 Å². The zero-order valence-electron chi connectivity index (χ0n) is 15.4. The fraction of sp³-hybridized carbons (Fsp3) is 0.333. The number of rotatable bonds is 6. The Morgan fingerprint density at radius 2 is 1.85 bits per heavy atom. The monoisotopic (exact) mass is 384 g/mol. The van der Waals surface area contributed by atoms with E-state index in [1.165, 1.54) is 10.3 Å². The summed E-state index contributed by atoms with van der Waals surface area (Å²) in [5.41, 5.74) is 3.31. The molecule has 5 heteroatoms. The van der Waals surface area contributed by atoms with Crippen molar-refractivity contribution in [3.05, 3.63) is 54.1 Å². The molecule has 3 rings (SSSR count). The van der Waals surface area contributed by atoms with E-state index >= 15 is 0 Å². The highest BCUT2D eigenvalue weighted by Crippen LogP contribution is 2.29. The first kappa shape index (κ1) is 18.9. The molecule has 0 fully saturated rings. The predicted molar refractivity (Wildman–Crippen MR) is 113 cm³/mol. The van der Waals surface area contributed by atoms with Crippen LogP contribution < -0.4 is 5.32 Å². The summed E-state index contributed by atoms with van der Waals surface area (Å²) in [7, 11) is 0. The van der Waals surface area contributed by atoms with E-state index in [-0.39, 0.29) is 11.3 Å². The molecule has 1 amide bonds. The first-order valence-electron chi connectivity index (χ1n) is 8.80. The van der Waals surface area contributed by atoms with Crippen molar-refractivity contribution < 1.29 is 4.79 Å². The van der Waals surface area contributed by atoms with E-state index in [9.17, 15) is 4.79 Å². The summed E-state index contributed by atoms with van der Waals surface area (Å²) in [6.07, 6.45) is 1.37. The molecule has 0 saturated heterocycles. The average Bonchev–Trinajstić information content (AvgIpc) is 3.01. The first-order chi connectivity index (χ1) is 12.4. The lowest BCUT2D eigenvalue weighted by atomic mass is 9.87. The minimum Gasteiger partial charge on any atom is -0.326 e. The molecule has 0 aliphatic rings. The molecule has 1 heterocycles. The molecule has 1 N–H and O–H groups in total. The van der Waals surface area contributed by atoms with Crippen LogP contribution in [0.1, 0.15) is 39.2 Å². The van der Waals surface area contributed by atoms with Crippen LogP contribution in [0.4, 0.5) is 5.69 Å². The average molecular weight is 385 g/mol. The maximum absolute atomic E-state index is 12.1. The zero-order chi connectivity index (χ0) is 18.6. The second-order valence-electron chi connectivity index (χ2n) is 7.28. The van der Waals surface area contributed by atoms with Gasteiger partial charge in [-0.1, -0.05) is 56.8 Å². The number of thiazole rings is 1. The number of aromatic nitrogens is 1. The maximum atomic E-state index is 12.1. The lowest BCUT2D eigenvalue weighted by Gasteiger charge is -2.19. The van der Waals surface area contributed by atoms with Crippen LogP contribution >= 0.6 is 23.1 Å². The molecule has 0 atom stereocenters. The van der Waals surface area contributed by atoms with Gasteiger partial charge in [0.1, 0.15) is 0 Å². The van der Waals surface area contributed by atoms with Crippen molar-refractivity contribution in [1.29, 1.82) is 0 Å². The van der Waals surface area contributed by atoms with E-state index in [1.54, 1.807) is 23.1 Å². The van der Waals surface area contributed by atoms with Crippen molar-refractivity contribution in [2.24, 2.45) is 0 Å². The van der Waals surface area contributed by atoms with Crippen LogP contribution in [-0.2, 0) is 10.2 Å². The third-order valence-electron chi connectivity index (χ3n) is 4.08. The number of hydrogen-bond donors (Lipinski definition) is 1. The quantitative estimate of drug-likeness (QED) is 0.412. The minimum absolute atomic E-state index is 0.0680. The molecule has 0 radical (unpaired) electrons. The number of carbonyl (C=O) groups excluding carboxylic acids is 1. The van der Waals surface area contributed by atoms with Crippen molar-refractivity contribution in [1.82, 2.24) is 4.98 Å². The summed E-state index contributed by atoms with van der Waals surface area (Å²) in [6, 6.07) is 16.3. The molecule has 0 aliphatic heterocycles. The van der Waals surface area contributed by atoms with Crippen LogP contribution in [0, 0.1) is 0 Å².